The van der Waals surface area contributed by atoms with Crippen LogP contribution in [0, 0.1) is 0 Å². The molecule has 1 N–H and O–H groups in total. The second-order valence-corrected chi connectivity index (χ2v) is 9.12. The molecule has 0 fully saturated rings. The van der Waals surface area contributed by atoms with Gasteiger partial charge in [-0.25, -0.2) is 0 Å². The van der Waals surface area contributed by atoms with Crippen molar-refractivity contribution in [3.05, 3.63) is 99.5 Å². The highest BCUT2D eigenvalue weighted by Crippen LogP contribution is 2.25. The first-order valence-electron chi connectivity index (χ1n) is 11.6. The van der Waals surface area contributed by atoms with Crippen molar-refractivity contribution in [2.24, 2.45) is 0 Å². The summed E-state index contributed by atoms with van der Waals surface area (Å²) in [7, 11) is 1.60. The third kappa shape index (κ3) is 7.74. The van der Waals surface area contributed by atoms with Gasteiger partial charge in [-0.15, -0.1) is 0 Å². The number of ether oxygens (including phenoxy) is 1. The first-order chi connectivity index (χ1) is 16.9. The molecule has 0 unspecified atom stereocenters. The molecule has 0 radical (unpaired) electrons. The van der Waals surface area contributed by atoms with Crippen molar-refractivity contribution in [2.75, 3.05) is 13.7 Å². The van der Waals surface area contributed by atoms with Crippen molar-refractivity contribution in [3.63, 3.8) is 0 Å². The normalized spacial score (nSPS) is 11.5. The fraction of sp³-hybridized carbons (Fsp3) is 0.286. The summed E-state index contributed by atoms with van der Waals surface area (Å²) in [6, 6.07) is 21.5. The summed E-state index contributed by atoms with van der Waals surface area (Å²) in [4.78, 5) is 28.7. The Bertz CT molecular complexity index is 1120. The Kier molecular flexibility index (Phi) is 10.0. The van der Waals surface area contributed by atoms with Crippen molar-refractivity contribution in [2.45, 2.75) is 38.8 Å². The van der Waals surface area contributed by atoms with Crippen LogP contribution in [0.4, 0.5) is 0 Å². The van der Waals surface area contributed by atoms with Gasteiger partial charge >= 0.3 is 0 Å². The van der Waals surface area contributed by atoms with E-state index in [1.54, 1.807) is 30.2 Å². The van der Waals surface area contributed by atoms with E-state index >= 15 is 0 Å². The molecule has 35 heavy (non-hydrogen) atoms. The molecule has 0 saturated carbocycles. The summed E-state index contributed by atoms with van der Waals surface area (Å²) in [6.07, 6.45) is 1.32. The molecule has 0 aliphatic carbocycles. The Labute approximate surface area is 217 Å². The monoisotopic (exact) mass is 512 g/mol. The molecule has 5 nitrogen and oxygen atoms in total. The number of hydrogen-bond acceptors (Lipinski definition) is 3. The Morgan fingerprint density at radius 3 is 2.31 bits per heavy atom. The molecular weight excluding hydrogens is 483 g/mol. The van der Waals surface area contributed by atoms with Gasteiger partial charge in [0.15, 0.2) is 0 Å². The number of methoxy groups -OCH3 is 1. The van der Waals surface area contributed by atoms with Gasteiger partial charge in [0.2, 0.25) is 11.8 Å². The van der Waals surface area contributed by atoms with Crippen LogP contribution >= 0.6 is 23.2 Å². The lowest BCUT2D eigenvalue weighted by Gasteiger charge is -2.32. The summed E-state index contributed by atoms with van der Waals surface area (Å²) in [5.41, 5.74) is 2.52. The molecule has 0 aliphatic rings. The maximum atomic E-state index is 13.7. The number of hydrogen-bond donors (Lipinski definition) is 1. The number of carbonyl (C=O) groups is 2. The zero-order valence-electron chi connectivity index (χ0n) is 20.0. The molecule has 0 aromatic heterocycles. The number of benzene rings is 3. The van der Waals surface area contributed by atoms with Crippen molar-refractivity contribution in [3.8, 4) is 5.75 Å². The average molecular weight is 513 g/mol. The van der Waals surface area contributed by atoms with Gasteiger partial charge in [0.05, 0.1) is 13.5 Å². The summed E-state index contributed by atoms with van der Waals surface area (Å²) in [6.45, 7) is 2.71. The van der Waals surface area contributed by atoms with Gasteiger partial charge in [0, 0.05) is 29.6 Å². The number of nitrogens with zero attached hydrogens (tertiary/aromatic N) is 1. The first-order valence-corrected chi connectivity index (χ1v) is 12.3. The lowest BCUT2D eigenvalue weighted by atomic mass is 10.0. The largest absolute Gasteiger partial charge is 0.497 e. The quantitative estimate of drug-likeness (QED) is 0.357. The lowest BCUT2D eigenvalue weighted by Crippen LogP contribution is -2.51. The Morgan fingerprint density at radius 1 is 0.971 bits per heavy atom. The molecule has 0 bridgehead atoms. The van der Waals surface area contributed by atoms with Crippen LogP contribution in [0.25, 0.3) is 0 Å². The van der Waals surface area contributed by atoms with Crippen molar-refractivity contribution >= 4 is 35.0 Å². The van der Waals surface area contributed by atoms with Crippen LogP contribution in [0.2, 0.25) is 10.0 Å². The van der Waals surface area contributed by atoms with Crippen molar-refractivity contribution in [1.29, 1.82) is 0 Å². The van der Waals surface area contributed by atoms with E-state index in [-0.39, 0.29) is 24.8 Å². The molecule has 3 aromatic carbocycles. The molecule has 0 spiro atoms. The average Bonchev–Trinajstić information content (AvgIpc) is 2.86. The zero-order valence-corrected chi connectivity index (χ0v) is 21.5. The van der Waals surface area contributed by atoms with Gasteiger partial charge in [0.25, 0.3) is 0 Å². The van der Waals surface area contributed by atoms with Gasteiger partial charge in [-0.1, -0.05) is 78.7 Å². The topological polar surface area (TPSA) is 58.6 Å². The van der Waals surface area contributed by atoms with Gasteiger partial charge in [-0.3, -0.25) is 9.59 Å². The minimum Gasteiger partial charge on any atom is -0.497 e. The molecule has 3 rings (SSSR count). The summed E-state index contributed by atoms with van der Waals surface area (Å²) in [5.74, 6) is 0.351. The van der Waals surface area contributed by atoms with E-state index in [0.717, 1.165) is 23.1 Å². The van der Waals surface area contributed by atoms with Gasteiger partial charge < -0.3 is 15.0 Å². The highest BCUT2D eigenvalue weighted by atomic mass is 35.5. The highest BCUT2D eigenvalue weighted by Gasteiger charge is 2.30. The third-order valence-electron chi connectivity index (χ3n) is 5.69. The number of nitrogens with one attached hydrogen (secondary N) is 1. The fourth-order valence-corrected chi connectivity index (χ4v) is 4.24. The predicted molar refractivity (Wildman–Crippen MR) is 141 cm³/mol. The van der Waals surface area contributed by atoms with Crippen molar-refractivity contribution in [1.82, 2.24) is 10.2 Å². The molecular formula is C28H30Cl2N2O3. The van der Waals surface area contributed by atoms with Crippen LogP contribution in [-0.2, 0) is 29.0 Å². The number of halogens is 2. The van der Waals surface area contributed by atoms with E-state index < -0.39 is 6.04 Å². The van der Waals surface area contributed by atoms with Gasteiger partial charge in [0.1, 0.15) is 11.8 Å². The van der Waals surface area contributed by atoms with E-state index in [0.29, 0.717) is 28.8 Å². The molecule has 3 aromatic rings. The Balaban J connectivity index is 1.96. The van der Waals surface area contributed by atoms with Crippen LogP contribution in [-0.4, -0.2) is 36.4 Å². The van der Waals surface area contributed by atoms with Crippen LogP contribution in [0.3, 0.4) is 0 Å². The van der Waals surface area contributed by atoms with E-state index in [1.165, 1.54) is 0 Å². The molecule has 184 valence electrons. The minimum absolute atomic E-state index is 0.140. The zero-order chi connectivity index (χ0) is 25.2. The van der Waals surface area contributed by atoms with E-state index in [4.69, 9.17) is 27.9 Å². The Hall–Kier alpha value is -3.02. The van der Waals surface area contributed by atoms with Gasteiger partial charge in [-0.05, 0) is 47.4 Å². The SMILES string of the molecule is CCCNC(=O)[C@@H](Cc1ccccc1)N(Cc1ccc(Cl)cc1Cl)C(=O)Cc1ccc(OC)cc1. The van der Waals surface area contributed by atoms with Crippen LogP contribution < -0.4 is 10.1 Å². The van der Waals surface area contributed by atoms with Crippen molar-refractivity contribution < 1.29 is 14.3 Å². The van der Waals surface area contributed by atoms with Gasteiger partial charge in [-0.2, -0.15) is 0 Å². The van der Waals surface area contributed by atoms with E-state index in [9.17, 15) is 9.59 Å². The molecule has 0 saturated heterocycles. The van der Waals surface area contributed by atoms with Crippen LogP contribution in [0.5, 0.6) is 5.75 Å². The molecule has 2 amide bonds. The smallest absolute Gasteiger partial charge is 0.243 e. The van der Waals surface area contributed by atoms with E-state index in [1.807, 2.05) is 61.5 Å². The summed E-state index contributed by atoms with van der Waals surface area (Å²) in [5, 5.41) is 3.93. The minimum atomic E-state index is -0.707. The van der Waals surface area contributed by atoms with E-state index in [2.05, 4.69) is 5.32 Å². The Morgan fingerprint density at radius 2 is 1.69 bits per heavy atom. The second-order valence-electron chi connectivity index (χ2n) is 8.28. The number of carbonyl (C=O) groups excluding carboxylic acids is 2. The maximum Gasteiger partial charge on any atom is 0.243 e. The fourth-order valence-electron chi connectivity index (χ4n) is 3.77. The van der Waals surface area contributed by atoms with Crippen LogP contribution in [0.1, 0.15) is 30.0 Å². The third-order valence-corrected chi connectivity index (χ3v) is 6.28. The summed E-state index contributed by atoms with van der Waals surface area (Å²) >= 11 is 12.5. The second kappa shape index (κ2) is 13.2. The summed E-state index contributed by atoms with van der Waals surface area (Å²) < 4.78 is 5.22. The lowest BCUT2D eigenvalue weighted by molar-refractivity contribution is -0.140. The highest BCUT2D eigenvalue weighted by molar-refractivity contribution is 6.35. The maximum absolute atomic E-state index is 13.7. The number of amides is 2. The number of rotatable bonds is 11. The van der Waals surface area contributed by atoms with Crippen LogP contribution in [0.15, 0.2) is 72.8 Å². The molecule has 0 heterocycles. The molecule has 0 aliphatic heterocycles. The molecule has 1 atom stereocenters. The molecule has 7 heteroatoms. The standard InChI is InChI=1S/C28H30Cl2N2O3/c1-3-15-31-28(34)26(16-20-7-5-4-6-8-20)32(19-22-11-12-23(29)18-25(22)30)27(33)17-21-9-13-24(35-2)14-10-21/h4-14,18,26H,3,15-17,19H2,1-2H3,(H,31,34)/t26-/m1/s1. The predicted octanol–water partition coefficient (Wildman–Crippen LogP) is 5.71. The first kappa shape index (κ1) is 26.6.